The highest BCUT2D eigenvalue weighted by molar-refractivity contribution is 5.89. The summed E-state index contributed by atoms with van der Waals surface area (Å²) in [4.78, 5) is 4.69. The van der Waals surface area contributed by atoms with E-state index in [1.165, 1.54) is 0 Å². The summed E-state index contributed by atoms with van der Waals surface area (Å²) in [6.07, 6.45) is -4.41. The number of nitrogens with zero attached hydrogens (tertiary/aromatic N) is 3. The van der Waals surface area contributed by atoms with Crippen LogP contribution in [0.4, 0.5) is 19.2 Å². The number of ether oxygens (including phenoxy) is 1. The van der Waals surface area contributed by atoms with Crippen molar-refractivity contribution in [2.75, 3.05) is 18.5 Å². The van der Waals surface area contributed by atoms with Gasteiger partial charge in [-0.1, -0.05) is 25.9 Å². The Hall–Kier alpha value is -2.84. The monoisotopic (exact) mass is 408 g/mol. The van der Waals surface area contributed by atoms with E-state index in [0.717, 1.165) is 11.1 Å². The molecule has 0 radical (unpaired) electrons. The molecule has 6 nitrogen and oxygen atoms in total. The molecule has 0 atom stereocenters. The van der Waals surface area contributed by atoms with E-state index in [2.05, 4.69) is 15.5 Å². The lowest BCUT2D eigenvalue weighted by Gasteiger charge is -2.23. The summed E-state index contributed by atoms with van der Waals surface area (Å²) in [5.41, 5.74) is 2.37. The summed E-state index contributed by atoms with van der Waals surface area (Å²) in [5, 5.41) is 11.6. The smallest absolute Gasteiger partial charge is 0.422 e. The van der Waals surface area contributed by atoms with Crippen LogP contribution in [-0.2, 0) is 5.41 Å². The highest BCUT2D eigenvalue weighted by atomic mass is 19.4. The highest BCUT2D eigenvalue weighted by Crippen LogP contribution is 2.36. The van der Waals surface area contributed by atoms with Gasteiger partial charge >= 0.3 is 12.2 Å². The summed E-state index contributed by atoms with van der Waals surface area (Å²) >= 11 is 0. The lowest BCUT2D eigenvalue weighted by molar-refractivity contribution is -0.153. The van der Waals surface area contributed by atoms with Gasteiger partial charge in [-0.2, -0.15) is 13.2 Å². The molecule has 156 valence electrons. The second-order valence-corrected chi connectivity index (χ2v) is 7.79. The van der Waals surface area contributed by atoms with E-state index in [9.17, 15) is 13.2 Å². The van der Waals surface area contributed by atoms with Gasteiger partial charge in [-0.3, -0.25) is 0 Å². The molecule has 2 aromatic heterocycles. The number of rotatable bonds is 5. The summed E-state index contributed by atoms with van der Waals surface area (Å²) in [6.45, 7) is 8.97. The van der Waals surface area contributed by atoms with Gasteiger partial charge in [0.15, 0.2) is 6.61 Å². The molecule has 1 N–H and O–H groups in total. The molecular formula is C20H23F3N4O2. The lowest BCUT2D eigenvalue weighted by Crippen LogP contribution is -2.20. The van der Waals surface area contributed by atoms with Crippen molar-refractivity contribution in [3.8, 4) is 17.3 Å². The molecular weight excluding hydrogens is 385 g/mol. The van der Waals surface area contributed by atoms with Gasteiger partial charge in [-0.05, 0) is 48.6 Å². The molecule has 1 aromatic carbocycles. The molecule has 0 amide bonds. The van der Waals surface area contributed by atoms with Crippen LogP contribution in [0.2, 0.25) is 0 Å². The van der Waals surface area contributed by atoms with Crippen LogP contribution in [-0.4, -0.2) is 34.5 Å². The Bertz CT molecular complexity index is 1020. The van der Waals surface area contributed by atoms with E-state index in [-0.39, 0.29) is 17.1 Å². The Balaban J connectivity index is 2.13. The van der Waals surface area contributed by atoms with Gasteiger partial charge in [-0.25, -0.2) is 4.98 Å². The van der Waals surface area contributed by atoms with E-state index in [1.807, 2.05) is 34.6 Å². The standard InChI is InChI=1S/C20H23F3N4O2/c1-6-24-18-27-26-17(29-18)15-7-11(2)13-8-12(28-10-20(21,22)23)9-14(16(13)25-15)19(3,4)5/h7-9H,6,10H2,1-5H3,(H,24,27). The third-order valence-corrected chi connectivity index (χ3v) is 4.28. The quantitative estimate of drug-likeness (QED) is 0.621. The maximum Gasteiger partial charge on any atom is 0.422 e. The van der Waals surface area contributed by atoms with Crippen LogP contribution in [0, 0.1) is 6.92 Å². The third kappa shape index (κ3) is 4.78. The Labute approximate surface area is 166 Å². The second kappa shape index (κ2) is 7.53. The topological polar surface area (TPSA) is 73.1 Å². The van der Waals surface area contributed by atoms with Gasteiger partial charge in [0.05, 0.1) is 5.52 Å². The Morgan fingerprint density at radius 2 is 1.83 bits per heavy atom. The first kappa shape index (κ1) is 20.9. The van der Waals surface area contributed by atoms with Gasteiger partial charge in [-0.15, -0.1) is 5.10 Å². The molecule has 0 saturated carbocycles. The zero-order valence-electron chi connectivity index (χ0n) is 16.9. The number of anilines is 1. The largest absolute Gasteiger partial charge is 0.484 e. The number of halogens is 3. The predicted octanol–water partition coefficient (Wildman–Crippen LogP) is 5.26. The molecule has 0 spiro atoms. The van der Waals surface area contributed by atoms with Crippen molar-refractivity contribution in [2.45, 2.75) is 46.2 Å². The average Bonchev–Trinajstić information content (AvgIpc) is 3.07. The maximum absolute atomic E-state index is 12.6. The molecule has 0 saturated heterocycles. The average molecular weight is 408 g/mol. The van der Waals surface area contributed by atoms with Gasteiger partial charge in [0.25, 0.3) is 5.89 Å². The highest BCUT2D eigenvalue weighted by Gasteiger charge is 2.29. The number of hydrogen-bond donors (Lipinski definition) is 1. The van der Waals surface area contributed by atoms with Crippen LogP contribution < -0.4 is 10.1 Å². The van der Waals surface area contributed by atoms with E-state index in [0.29, 0.717) is 29.2 Å². The van der Waals surface area contributed by atoms with Gasteiger partial charge in [0, 0.05) is 11.9 Å². The Morgan fingerprint density at radius 1 is 1.10 bits per heavy atom. The summed E-state index contributed by atoms with van der Waals surface area (Å²) < 4.78 is 48.4. The summed E-state index contributed by atoms with van der Waals surface area (Å²) in [7, 11) is 0. The van der Waals surface area contributed by atoms with Crippen molar-refractivity contribution < 1.29 is 22.3 Å². The molecule has 0 unspecified atom stereocenters. The van der Waals surface area contributed by atoms with Crippen molar-refractivity contribution in [2.24, 2.45) is 0 Å². The molecule has 9 heteroatoms. The molecule has 3 aromatic rings. The number of fused-ring (bicyclic) bond motifs is 1. The van der Waals surface area contributed by atoms with Crippen LogP contribution in [0.5, 0.6) is 5.75 Å². The number of pyridine rings is 1. The van der Waals surface area contributed by atoms with Crippen LogP contribution in [0.25, 0.3) is 22.5 Å². The fourth-order valence-electron chi connectivity index (χ4n) is 2.94. The molecule has 3 rings (SSSR count). The van der Waals surface area contributed by atoms with Gasteiger partial charge in [0.2, 0.25) is 0 Å². The van der Waals surface area contributed by atoms with Crippen molar-refractivity contribution in [3.05, 3.63) is 29.3 Å². The number of benzene rings is 1. The SMILES string of the molecule is CCNc1nnc(-c2cc(C)c3cc(OCC(F)(F)F)cc(C(C)(C)C)c3n2)o1. The number of aryl methyl sites for hydroxylation is 1. The fourth-order valence-corrected chi connectivity index (χ4v) is 2.94. The Morgan fingerprint density at radius 3 is 2.45 bits per heavy atom. The van der Waals surface area contributed by atoms with Gasteiger partial charge in [0.1, 0.15) is 11.4 Å². The molecule has 29 heavy (non-hydrogen) atoms. The molecule has 0 aliphatic carbocycles. The molecule has 0 fully saturated rings. The van der Waals surface area contributed by atoms with Crippen molar-refractivity contribution in [3.63, 3.8) is 0 Å². The number of nitrogens with one attached hydrogen (secondary N) is 1. The van der Waals surface area contributed by atoms with Crippen LogP contribution in [0.3, 0.4) is 0 Å². The summed E-state index contributed by atoms with van der Waals surface area (Å²) in [6, 6.07) is 5.27. The van der Waals surface area contributed by atoms with Crippen LogP contribution in [0.1, 0.15) is 38.8 Å². The molecule has 2 heterocycles. The fraction of sp³-hybridized carbons (Fsp3) is 0.450. The first-order chi connectivity index (χ1) is 13.5. The zero-order valence-corrected chi connectivity index (χ0v) is 16.9. The van der Waals surface area contributed by atoms with Crippen molar-refractivity contribution >= 4 is 16.9 Å². The minimum Gasteiger partial charge on any atom is -0.484 e. The van der Waals surface area contributed by atoms with E-state index < -0.39 is 12.8 Å². The Kier molecular flexibility index (Phi) is 5.42. The normalized spacial score (nSPS) is 12.4. The van der Waals surface area contributed by atoms with E-state index in [1.54, 1.807) is 18.2 Å². The van der Waals surface area contributed by atoms with Gasteiger partial charge < -0.3 is 14.5 Å². The van der Waals surface area contributed by atoms with E-state index >= 15 is 0 Å². The second-order valence-electron chi connectivity index (χ2n) is 7.79. The molecule has 0 aliphatic rings. The van der Waals surface area contributed by atoms with Crippen molar-refractivity contribution in [1.82, 2.24) is 15.2 Å². The minimum atomic E-state index is -4.41. The third-order valence-electron chi connectivity index (χ3n) is 4.28. The van der Waals surface area contributed by atoms with E-state index in [4.69, 9.17) is 14.1 Å². The van der Waals surface area contributed by atoms with Crippen LogP contribution >= 0.6 is 0 Å². The predicted molar refractivity (Wildman–Crippen MR) is 104 cm³/mol. The number of alkyl halides is 3. The zero-order chi connectivity index (χ0) is 21.4. The maximum atomic E-state index is 12.6. The number of hydrogen-bond acceptors (Lipinski definition) is 6. The molecule has 0 bridgehead atoms. The first-order valence-electron chi connectivity index (χ1n) is 9.21. The first-order valence-corrected chi connectivity index (χ1v) is 9.21. The minimum absolute atomic E-state index is 0.157. The summed E-state index contributed by atoms with van der Waals surface area (Å²) in [5.74, 6) is 0.424. The van der Waals surface area contributed by atoms with Crippen molar-refractivity contribution in [1.29, 1.82) is 0 Å². The number of aromatic nitrogens is 3. The lowest BCUT2D eigenvalue weighted by atomic mass is 9.84. The van der Waals surface area contributed by atoms with Crippen LogP contribution in [0.15, 0.2) is 22.6 Å². The molecule has 0 aliphatic heterocycles.